The molecule has 0 radical (unpaired) electrons. The van der Waals surface area contributed by atoms with Gasteiger partial charge in [0.1, 0.15) is 5.82 Å². The number of fused-ring (bicyclic) bond motifs is 1. The molecule has 198 valence electrons. The van der Waals surface area contributed by atoms with E-state index in [-0.39, 0.29) is 0 Å². The van der Waals surface area contributed by atoms with Crippen molar-refractivity contribution in [1.82, 2.24) is 9.55 Å². The topological polar surface area (TPSA) is 55.1 Å². The zero-order valence-corrected chi connectivity index (χ0v) is 22.8. The van der Waals surface area contributed by atoms with Gasteiger partial charge in [-0.25, -0.2) is 9.78 Å². The van der Waals surface area contributed by atoms with E-state index in [1.165, 1.54) is 122 Å². The predicted molar refractivity (Wildman–Crippen MR) is 149 cm³/mol. The maximum absolute atomic E-state index is 11.4. The van der Waals surface area contributed by atoms with E-state index in [4.69, 9.17) is 4.98 Å². The summed E-state index contributed by atoms with van der Waals surface area (Å²) in [5, 5.41) is 9.38. The molecule has 0 aliphatic carbocycles. The van der Waals surface area contributed by atoms with Crippen molar-refractivity contribution in [3.8, 4) is 0 Å². The van der Waals surface area contributed by atoms with Crippen LogP contribution in [0, 0.1) is 0 Å². The van der Waals surface area contributed by atoms with Crippen LogP contribution in [0.1, 0.15) is 152 Å². The van der Waals surface area contributed by atoms with Gasteiger partial charge in [-0.2, -0.15) is 0 Å². The molecule has 4 nitrogen and oxygen atoms in total. The third-order valence-electron chi connectivity index (χ3n) is 7.31. The average Bonchev–Trinajstić information content (AvgIpc) is 3.20. The monoisotopic (exact) mass is 484 g/mol. The molecule has 0 aliphatic rings. The molecule has 0 atom stereocenters. The molecule has 0 fully saturated rings. The number of carboxylic acids is 1. The first-order valence-electron chi connectivity index (χ1n) is 14.9. The number of carboxylic acid groups (broad SMARTS) is 1. The summed E-state index contributed by atoms with van der Waals surface area (Å²) in [6, 6.07) is 5.43. The third-order valence-corrected chi connectivity index (χ3v) is 7.31. The van der Waals surface area contributed by atoms with Gasteiger partial charge in [-0.3, -0.25) is 0 Å². The van der Waals surface area contributed by atoms with Gasteiger partial charge in [-0.1, -0.05) is 123 Å². The summed E-state index contributed by atoms with van der Waals surface area (Å²) in [4.78, 5) is 16.3. The zero-order valence-electron chi connectivity index (χ0n) is 22.8. The van der Waals surface area contributed by atoms with Gasteiger partial charge in [-0.05, 0) is 31.0 Å². The number of nitrogens with zero attached hydrogens (tertiary/aromatic N) is 2. The minimum atomic E-state index is -0.878. The highest BCUT2D eigenvalue weighted by molar-refractivity contribution is 5.92. The van der Waals surface area contributed by atoms with Gasteiger partial charge in [0.15, 0.2) is 0 Å². The Labute approximate surface area is 214 Å². The minimum Gasteiger partial charge on any atom is -0.478 e. The van der Waals surface area contributed by atoms with Gasteiger partial charge in [0.2, 0.25) is 0 Å². The summed E-state index contributed by atoms with van der Waals surface area (Å²) < 4.78 is 2.37. The minimum absolute atomic E-state index is 0.329. The lowest BCUT2D eigenvalue weighted by Crippen LogP contribution is -2.05. The van der Waals surface area contributed by atoms with Crippen LogP contribution in [0.3, 0.4) is 0 Å². The van der Waals surface area contributed by atoms with Crippen molar-refractivity contribution in [3.05, 3.63) is 29.6 Å². The lowest BCUT2D eigenvalue weighted by atomic mass is 10.1. The number of carbonyl (C=O) groups is 1. The maximum atomic E-state index is 11.4. The summed E-state index contributed by atoms with van der Waals surface area (Å²) in [5.41, 5.74) is 2.26. The molecule has 0 spiro atoms. The number of hydrogen-bond donors (Lipinski definition) is 1. The molecule has 4 heteroatoms. The molecule has 0 saturated carbocycles. The van der Waals surface area contributed by atoms with Crippen LogP contribution in [0.25, 0.3) is 11.0 Å². The van der Waals surface area contributed by atoms with Gasteiger partial charge < -0.3 is 9.67 Å². The fraction of sp³-hybridized carbons (Fsp3) is 0.742. The summed E-state index contributed by atoms with van der Waals surface area (Å²) in [5.74, 6) is 0.262. The normalized spacial score (nSPS) is 11.5. The molecule has 0 bridgehead atoms. The second kappa shape index (κ2) is 18.4. The highest BCUT2D eigenvalue weighted by atomic mass is 16.4. The lowest BCUT2D eigenvalue weighted by Gasteiger charge is -2.10. The quantitative estimate of drug-likeness (QED) is 0.169. The van der Waals surface area contributed by atoms with Crippen molar-refractivity contribution in [2.45, 2.75) is 149 Å². The number of rotatable bonds is 22. The molecule has 1 N–H and O–H groups in total. The molecule has 0 amide bonds. The van der Waals surface area contributed by atoms with E-state index >= 15 is 0 Å². The van der Waals surface area contributed by atoms with Crippen LogP contribution < -0.4 is 0 Å². The Hall–Kier alpha value is -1.84. The fourth-order valence-corrected chi connectivity index (χ4v) is 5.10. The van der Waals surface area contributed by atoms with Crippen molar-refractivity contribution in [1.29, 1.82) is 0 Å². The molecule has 1 aromatic carbocycles. The number of unbranched alkanes of at least 4 members (excludes halogenated alkanes) is 17. The molecular formula is C31H52N2O2. The SMILES string of the molecule is CCCCCCCCCCCCn1c(CCCCCCCCCCC)nc2cc(C(=O)O)ccc21. The van der Waals surface area contributed by atoms with Crippen molar-refractivity contribution in [3.63, 3.8) is 0 Å². The molecule has 0 saturated heterocycles. The van der Waals surface area contributed by atoms with Crippen LogP contribution in [0.2, 0.25) is 0 Å². The first kappa shape index (κ1) is 29.4. The van der Waals surface area contributed by atoms with E-state index in [0.29, 0.717) is 5.56 Å². The van der Waals surface area contributed by atoms with Gasteiger partial charge in [0.25, 0.3) is 0 Å². The van der Waals surface area contributed by atoms with Gasteiger partial charge in [-0.15, -0.1) is 0 Å². The number of aromatic nitrogens is 2. The third kappa shape index (κ3) is 11.6. The highest BCUT2D eigenvalue weighted by Crippen LogP contribution is 2.22. The Morgan fingerprint density at radius 2 is 1.20 bits per heavy atom. The fourth-order valence-electron chi connectivity index (χ4n) is 5.10. The summed E-state index contributed by atoms with van der Waals surface area (Å²) in [6.45, 7) is 5.54. The van der Waals surface area contributed by atoms with Crippen LogP contribution in [0.15, 0.2) is 18.2 Å². The summed E-state index contributed by atoms with van der Waals surface area (Å²) in [6.07, 6.45) is 26.3. The Bertz CT molecular complexity index is 827. The standard InChI is InChI=1S/C31H52N2O2/c1-3-5-7-9-11-13-15-17-19-21-25-33-29-24-23-27(31(34)35)26-28(29)32-30(33)22-20-18-16-14-12-10-8-6-4-2/h23-24,26H,3-22,25H2,1-2H3,(H,34,35). The molecule has 1 aromatic heterocycles. The van der Waals surface area contributed by atoms with Gasteiger partial charge in [0, 0.05) is 13.0 Å². The predicted octanol–water partition coefficient (Wildman–Crippen LogP) is 9.73. The second-order valence-corrected chi connectivity index (χ2v) is 10.4. The van der Waals surface area contributed by atoms with Crippen LogP contribution in [0.4, 0.5) is 0 Å². The van der Waals surface area contributed by atoms with Crippen molar-refractivity contribution < 1.29 is 9.90 Å². The van der Waals surface area contributed by atoms with Crippen molar-refractivity contribution >= 4 is 17.0 Å². The van der Waals surface area contributed by atoms with E-state index in [1.54, 1.807) is 12.1 Å². The second-order valence-electron chi connectivity index (χ2n) is 10.4. The number of hydrogen-bond acceptors (Lipinski definition) is 2. The van der Waals surface area contributed by atoms with E-state index in [9.17, 15) is 9.90 Å². The first-order chi connectivity index (χ1) is 17.2. The lowest BCUT2D eigenvalue weighted by molar-refractivity contribution is 0.0697. The molecular weight excluding hydrogens is 432 g/mol. The van der Waals surface area contributed by atoms with Crippen LogP contribution in [-0.2, 0) is 13.0 Å². The summed E-state index contributed by atoms with van der Waals surface area (Å²) in [7, 11) is 0. The van der Waals surface area contributed by atoms with Crippen molar-refractivity contribution in [2.75, 3.05) is 0 Å². The number of aromatic carboxylic acids is 1. The van der Waals surface area contributed by atoms with Crippen molar-refractivity contribution in [2.24, 2.45) is 0 Å². The number of aryl methyl sites for hydroxylation is 2. The number of benzene rings is 1. The van der Waals surface area contributed by atoms with Crippen LogP contribution in [0.5, 0.6) is 0 Å². The molecule has 2 aromatic rings. The summed E-state index contributed by atoms with van der Waals surface area (Å²) >= 11 is 0. The molecule has 2 rings (SSSR count). The zero-order chi connectivity index (χ0) is 25.1. The van der Waals surface area contributed by atoms with Gasteiger partial charge in [0.05, 0.1) is 16.6 Å². The van der Waals surface area contributed by atoms with Crippen LogP contribution >= 0.6 is 0 Å². The van der Waals surface area contributed by atoms with E-state index in [1.807, 2.05) is 6.07 Å². The molecule has 0 unspecified atom stereocenters. The van der Waals surface area contributed by atoms with E-state index < -0.39 is 5.97 Å². The molecule has 0 aliphatic heterocycles. The van der Waals surface area contributed by atoms with E-state index in [2.05, 4.69) is 18.4 Å². The Morgan fingerprint density at radius 1 is 0.714 bits per heavy atom. The maximum Gasteiger partial charge on any atom is 0.335 e. The highest BCUT2D eigenvalue weighted by Gasteiger charge is 2.13. The van der Waals surface area contributed by atoms with Crippen LogP contribution in [-0.4, -0.2) is 20.6 Å². The Balaban J connectivity index is 1.80. The average molecular weight is 485 g/mol. The largest absolute Gasteiger partial charge is 0.478 e. The van der Waals surface area contributed by atoms with Gasteiger partial charge >= 0.3 is 5.97 Å². The Morgan fingerprint density at radius 3 is 1.71 bits per heavy atom. The first-order valence-corrected chi connectivity index (χ1v) is 14.9. The number of imidazole rings is 1. The molecule has 35 heavy (non-hydrogen) atoms. The Kier molecular flexibility index (Phi) is 15.5. The smallest absolute Gasteiger partial charge is 0.335 e. The van der Waals surface area contributed by atoms with E-state index in [0.717, 1.165) is 29.8 Å². The molecule has 1 heterocycles.